The minimum atomic E-state index is -0.532. The van der Waals surface area contributed by atoms with Gasteiger partial charge in [-0.2, -0.15) is 0 Å². The Morgan fingerprint density at radius 1 is 1.19 bits per heavy atom. The zero-order chi connectivity index (χ0) is 25.2. The molecule has 1 unspecified atom stereocenters. The van der Waals surface area contributed by atoms with Crippen LogP contribution in [0.15, 0.2) is 54.9 Å². The van der Waals surface area contributed by atoms with E-state index in [1.54, 1.807) is 11.6 Å². The van der Waals surface area contributed by atoms with E-state index in [2.05, 4.69) is 59.3 Å². The van der Waals surface area contributed by atoms with Crippen LogP contribution >= 0.6 is 11.6 Å². The molecule has 186 valence electrons. The van der Waals surface area contributed by atoms with Crippen LogP contribution < -0.4 is 5.48 Å². The Hall–Kier alpha value is -3.32. The Bertz CT molecular complexity index is 1430. The Morgan fingerprint density at radius 2 is 2.06 bits per heavy atom. The van der Waals surface area contributed by atoms with Crippen molar-refractivity contribution in [2.45, 2.75) is 45.7 Å². The molecule has 1 atom stereocenters. The molecule has 36 heavy (non-hydrogen) atoms. The number of hydrogen-bond acceptors (Lipinski definition) is 3. The van der Waals surface area contributed by atoms with Gasteiger partial charge in [-0.05, 0) is 84.7 Å². The van der Waals surface area contributed by atoms with Crippen LogP contribution in [-0.4, -0.2) is 32.5 Å². The van der Waals surface area contributed by atoms with E-state index < -0.39 is 5.91 Å². The molecule has 0 aliphatic heterocycles. The van der Waals surface area contributed by atoms with Crippen molar-refractivity contribution in [1.29, 1.82) is 0 Å². The summed E-state index contributed by atoms with van der Waals surface area (Å²) in [6.07, 6.45) is 10.3. The first-order valence-corrected chi connectivity index (χ1v) is 12.7. The summed E-state index contributed by atoms with van der Waals surface area (Å²) in [6.45, 7) is 6.12. The van der Waals surface area contributed by atoms with Gasteiger partial charge in [0.25, 0.3) is 5.91 Å². The highest BCUT2D eigenvalue weighted by Crippen LogP contribution is 2.38. The number of aromatic nitrogens is 2. The second-order valence-corrected chi connectivity index (χ2v) is 10.1. The van der Waals surface area contributed by atoms with Crippen molar-refractivity contribution in [2.24, 2.45) is 0 Å². The lowest BCUT2D eigenvalue weighted by Crippen LogP contribution is -2.29. The van der Waals surface area contributed by atoms with E-state index in [-0.39, 0.29) is 0 Å². The molecule has 0 radical (unpaired) electrons. The summed E-state index contributed by atoms with van der Waals surface area (Å²) in [4.78, 5) is 20.8. The van der Waals surface area contributed by atoms with Crippen molar-refractivity contribution >= 4 is 34.5 Å². The number of benzene rings is 2. The zero-order valence-electron chi connectivity index (χ0n) is 20.6. The number of fused-ring (bicyclic) bond motifs is 2. The third kappa shape index (κ3) is 4.98. The average molecular weight is 503 g/mol. The first-order chi connectivity index (χ1) is 17.4. The fourth-order valence-corrected chi connectivity index (χ4v) is 5.47. The molecule has 6 nitrogen and oxygen atoms in total. The maximum absolute atomic E-state index is 11.4. The standard InChI is InChI=1S/C29H31ClN4O2/c1-18-15-31-27(19(18)2)17-34(12-11-22-16-32-26-14-23(30)6-8-24(22)26)28-9-5-21-13-20(3-7-25(21)28)4-10-29(35)33-36/h3-4,6-8,10,13-16,28,31-32,36H,5,9,11-12,17H2,1-2H3,(H,33,35). The molecule has 7 heteroatoms. The summed E-state index contributed by atoms with van der Waals surface area (Å²) < 4.78 is 0. The lowest BCUT2D eigenvalue weighted by Gasteiger charge is -2.30. The Labute approximate surface area is 215 Å². The molecular formula is C29H31ClN4O2. The zero-order valence-corrected chi connectivity index (χ0v) is 21.3. The second kappa shape index (κ2) is 10.3. The monoisotopic (exact) mass is 502 g/mol. The summed E-state index contributed by atoms with van der Waals surface area (Å²) in [5, 5.41) is 10.7. The molecule has 1 amide bonds. The van der Waals surface area contributed by atoms with Crippen LogP contribution in [0.3, 0.4) is 0 Å². The second-order valence-electron chi connectivity index (χ2n) is 9.62. The van der Waals surface area contributed by atoms with Gasteiger partial charge < -0.3 is 9.97 Å². The van der Waals surface area contributed by atoms with E-state index in [0.29, 0.717) is 6.04 Å². The lowest BCUT2D eigenvalue weighted by molar-refractivity contribution is -0.124. The molecule has 2 heterocycles. The number of carbonyl (C=O) groups excluding carboxylic acids is 1. The number of aromatic amines is 2. The van der Waals surface area contributed by atoms with Crippen LogP contribution in [-0.2, 0) is 24.2 Å². The highest BCUT2D eigenvalue weighted by atomic mass is 35.5. The van der Waals surface area contributed by atoms with E-state index in [1.165, 1.54) is 45.0 Å². The molecule has 1 aliphatic carbocycles. The Morgan fingerprint density at radius 3 is 2.83 bits per heavy atom. The summed E-state index contributed by atoms with van der Waals surface area (Å²) in [7, 11) is 0. The van der Waals surface area contributed by atoms with E-state index in [4.69, 9.17) is 16.8 Å². The van der Waals surface area contributed by atoms with Crippen LogP contribution in [0, 0.1) is 13.8 Å². The van der Waals surface area contributed by atoms with Gasteiger partial charge >= 0.3 is 0 Å². The number of H-pyrrole nitrogens is 2. The number of rotatable bonds is 8. The summed E-state index contributed by atoms with van der Waals surface area (Å²) in [6, 6.07) is 12.7. The molecule has 0 saturated heterocycles. The third-order valence-corrected chi connectivity index (χ3v) is 7.69. The van der Waals surface area contributed by atoms with E-state index >= 15 is 0 Å². The Kier molecular flexibility index (Phi) is 7.01. The van der Waals surface area contributed by atoms with Gasteiger partial charge in [-0.15, -0.1) is 0 Å². The molecule has 5 rings (SSSR count). The van der Waals surface area contributed by atoms with Gasteiger partial charge in [0.15, 0.2) is 0 Å². The number of halogens is 1. The van der Waals surface area contributed by atoms with Gasteiger partial charge in [0.05, 0.1) is 0 Å². The van der Waals surface area contributed by atoms with Crippen LogP contribution in [0.25, 0.3) is 17.0 Å². The summed E-state index contributed by atoms with van der Waals surface area (Å²) >= 11 is 6.18. The summed E-state index contributed by atoms with van der Waals surface area (Å²) in [5.74, 6) is -0.532. The van der Waals surface area contributed by atoms with Crippen molar-refractivity contribution in [3.05, 3.63) is 99.0 Å². The normalized spacial score (nSPS) is 15.3. The number of hydrogen-bond donors (Lipinski definition) is 4. The quantitative estimate of drug-likeness (QED) is 0.135. The molecule has 2 aromatic carbocycles. The minimum Gasteiger partial charge on any atom is -0.363 e. The smallest absolute Gasteiger partial charge is 0.267 e. The van der Waals surface area contributed by atoms with Crippen molar-refractivity contribution in [2.75, 3.05) is 6.54 Å². The van der Waals surface area contributed by atoms with Crippen LogP contribution in [0.4, 0.5) is 0 Å². The predicted molar refractivity (Wildman–Crippen MR) is 144 cm³/mol. The number of aryl methyl sites for hydroxylation is 2. The molecule has 0 spiro atoms. The predicted octanol–water partition coefficient (Wildman–Crippen LogP) is 6.02. The first kappa shape index (κ1) is 24.4. The topological polar surface area (TPSA) is 84.2 Å². The number of nitrogens with zero attached hydrogens (tertiary/aromatic N) is 1. The van der Waals surface area contributed by atoms with E-state index in [0.717, 1.165) is 48.5 Å². The highest BCUT2D eigenvalue weighted by molar-refractivity contribution is 6.31. The minimum absolute atomic E-state index is 0.321. The van der Waals surface area contributed by atoms with Gasteiger partial charge in [0, 0.05) is 59.2 Å². The van der Waals surface area contributed by atoms with Crippen LogP contribution in [0.2, 0.25) is 5.02 Å². The maximum Gasteiger partial charge on any atom is 0.267 e. The average Bonchev–Trinajstić information content (AvgIpc) is 3.57. The largest absolute Gasteiger partial charge is 0.363 e. The Balaban J connectivity index is 1.41. The third-order valence-electron chi connectivity index (χ3n) is 7.46. The fourth-order valence-electron chi connectivity index (χ4n) is 5.30. The molecule has 0 fully saturated rings. The van der Waals surface area contributed by atoms with Crippen molar-refractivity contribution in [1.82, 2.24) is 20.3 Å². The number of carbonyl (C=O) groups is 1. The summed E-state index contributed by atoms with van der Waals surface area (Å²) in [5.41, 5.74) is 11.5. The van der Waals surface area contributed by atoms with E-state index in [9.17, 15) is 4.79 Å². The molecule has 0 saturated carbocycles. The van der Waals surface area contributed by atoms with Crippen LogP contribution in [0.1, 0.15) is 51.5 Å². The fraction of sp³-hybridized carbons (Fsp3) is 0.276. The van der Waals surface area contributed by atoms with Crippen molar-refractivity contribution in [3.8, 4) is 0 Å². The van der Waals surface area contributed by atoms with Gasteiger partial charge in [0.1, 0.15) is 0 Å². The molecule has 1 aliphatic rings. The molecule has 4 N–H and O–H groups in total. The van der Waals surface area contributed by atoms with Gasteiger partial charge in [-0.25, -0.2) is 5.48 Å². The molecule has 4 aromatic rings. The number of nitrogens with one attached hydrogen (secondary N) is 3. The number of amides is 1. The first-order valence-electron chi connectivity index (χ1n) is 12.3. The van der Waals surface area contributed by atoms with Crippen LogP contribution in [0.5, 0.6) is 0 Å². The van der Waals surface area contributed by atoms with E-state index in [1.807, 2.05) is 18.2 Å². The highest BCUT2D eigenvalue weighted by Gasteiger charge is 2.29. The molecule has 2 aromatic heterocycles. The van der Waals surface area contributed by atoms with Gasteiger partial charge in [0.2, 0.25) is 0 Å². The molecule has 0 bridgehead atoms. The van der Waals surface area contributed by atoms with Crippen molar-refractivity contribution in [3.63, 3.8) is 0 Å². The van der Waals surface area contributed by atoms with Crippen molar-refractivity contribution < 1.29 is 10.0 Å². The SMILES string of the molecule is Cc1c[nH]c(CN(CCc2c[nH]c3cc(Cl)ccc23)C2CCc3cc(C=CC(=O)NO)ccc32)c1C. The maximum atomic E-state index is 11.4. The lowest BCUT2D eigenvalue weighted by atomic mass is 10.0. The van der Waals surface area contributed by atoms with Gasteiger partial charge in [-0.3, -0.25) is 14.9 Å². The molecular weight excluding hydrogens is 472 g/mol. The number of hydroxylamine groups is 1. The van der Waals surface area contributed by atoms with Gasteiger partial charge in [-0.1, -0.05) is 35.9 Å².